The fraction of sp³-hybridized carbons (Fsp3) is 0.320. The Balaban J connectivity index is 1.53. The van der Waals surface area contributed by atoms with E-state index in [2.05, 4.69) is 16.8 Å². The minimum Gasteiger partial charge on any atom is -0.497 e. The molecule has 35 heavy (non-hydrogen) atoms. The lowest BCUT2D eigenvalue weighted by atomic mass is 10.1. The van der Waals surface area contributed by atoms with Crippen LogP contribution in [-0.4, -0.2) is 80.0 Å². The Morgan fingerprint density at radius 2 is 1.69 bits per heavy atom. The first kappa shape index (κ1) is 23.8. The fourth-order valence-corrected chi connectivity index (χ4v) is 5.88. The molecule has 182 valence electrons. The van der Waals surface area contributed by atoms with Gasteiger partial charge in [-0.3, -0.25) is 24.3 Å². The van der Waals surface area contributed by atoms with Gasteiger partial charge in [0.25, 0.3) is 11.8 Å². The topological polar surface area (TPSA) is 65.6 Å². The number of carbonyl (C=O) groups is 2. The first-order valence-electron chi connectivity index (χ1n) is 11.3. The van der Waals surface area contributed by atoms with Crippen LogP contribution in [0.15, 0.2) is 47.4 Å². The predicted molar refractivity (Wildman–Crippen MR) is 142 cm³/mol. The van der Waals surface area contributed by atoms with Crippen LogP contribution in [0, 0.1) is 0 Å². The summed E-state index contributed by atoms with van der Waals surface area (Å²) < 4.78 is 11.2. The molecule has 2 amide bonds. The molecule has 0 aliphatic carbocycles. The minimum absolute atomic E-state index is 0.178. The number of piperazine rings is 1. The average Bonchev–Trinajstić information content (AvgIpc) is 3.31. The fourth-order valence-electron chi connectivity index (χ4n) is 4.53. The molecule has 5 rings (SSSR count). The lowest BCUT2D eigenvalue weighted by Crippen LogP contribution is -2.49. The Morgan fingerprint density at radius 3 is 2.40 bits per heavy atom. The number of thiocarbonyl (C=S) groups is 1. The van der Waals surface area contributed by atoms with Crippen LogP contribution in [0.25, 0.3) is 5.57 Å². The van der Waals surface area contributed by atoms with Gasteiger partial charge in [-0.05, 0) is 25.2 Å². The number of likely N-dealkylation sites (N-methyl/N-ethyl adjacent to an activating group) is 1. The summed E-state index contributed by atoms with van der Waals surface area (Å²) in [5, 5.41) is 0. The number of para-hydroxylation sites is 1. The van der Waals surface area contributed by atoms with Crippen molar-refractivity contribution in [1.29, 1.82) is 0 Å². The van der Waals surface area contributed by atoms with Gasteiger partial charge in [-0.25, -0.2) is 0 Å². The smallest absolute Gasteiger partial charge is 0.271 e. The van der Waals surface area contributed by atoms with Crippen molar-refractivity contribution >= 4 is 57.1 Å². The molecule has 0 saturated carbocycles. The third-order valence-corrected chi connectivity index (χ3v) is 7.86. The van der Waals surface area contributed by atoms with E-state index in [4.69, 9.17) is 21.7 Å². The Hall–Kier alpha value is -2.92. The summed E-state index contributed by atoms with van der Waals surface area (Å²) in [7, 11) is 5.19. The summed E-state index contributed by atoms with van der Waals surface area (Å²) in [5.41, 5.74) is 2.45. The molecule has 2 fully saturated rings. The zero-order valence-corrected chi connectivity index (χ0v) is 21.4. The number of thioether (sulfide) groups is 1. The van der Waals surface area contributed by atoms with Crippen LogP contribution in [0.5, 0.6) is 11.5 Å². The maximum absolute atomic E-state index is 13.8. The molecule has 3 aliphatic rings. The second-order valence-corrected chi connectivity index (χ2v) is 10.2. The molecule has 10 heteroatoms. The van der Waals surface area contributed by atoms with Gasteiger partial charge in [-0.2, -0.15) is 0 Å². The van der Waals surface area contributed by atoms with Gasteiger partial charge < -0.3 is 14.4 Å². The van der Waals surface area contributed by atoms with E-state index in [1.807, 2.05) is 24.3 Å². The van der Waals surface area contributed by atoms with E-state index < -0.39 is 0 Å². The highest BCUT2D eigenvalue weighted by Gasteiger charge is 2.43. The van der Waals surface area contributed by atoms with Crippen LogP contribution in [0.1, 0.15) is 5.56 Å². The van der Waals surface area contributed by atoms with Gasteiger partial charge in [-0.1, -0.05) is 42.2 Å². The van der Waals surface area contributed by atoms with Crippen LogP contribution < -0.4 is 19.3 Å². The number of benzene rings is 2. The van der Waals surface area contributed by atoms with Crippen LogP contribution in [-0.2, 0) is 9.59 Å². The van der Waals surface area contributed by atoms with Gasteiger partial charge in [0, 0.05) is 37.8 Å². The molecule has 0 bridgehead atoms. The summed E-state index contributed by atoms with van der Waals surface area (Å²) in [6.07, 6.45) is 0. The molecule has 2 saturated heterocycles. The number of fused-ring (bicyclic) bond motifs is 1. The molecule has 2 aromatic carbocycles. The van der Waals surface area contributed by atoms with Crippen molar-refractivity contribution < 1.29 is 19.1 Å². The third kappa shape index (κ3) is 4.20. The minimum atomic E-state index is -0.342. The highest BCUT2D eigenvalue weighted by molar-refractivity contribution is 8.27. The summed E-state index contributed by atoms with van der Waals surface area (Å²) in [4.78, 5) is 35.6. The SMILES string of the molecule is COc1ccc(OC)c(N2C(=O)C(=C3C(=O)N(CN4CCN(C)CC4)c4ccccc43)SC2=S)c1. The van der Waals surface area contributed by atoms with Crippen molar-refractivity contribution in [3.63, 3.8) is 0 Å². The summed E-state index contributed by atoms with van der Waals surface area (Å²) in [6.45, 7) is 4.16. The maximum Gasteiger partial charge on any atom is 0.271 e. The molecule has 8 nitrogen and oxygen atoms in total. The van der Waals surface area contributed by atoms with Gasteiger partial charge in [0.1, 0.15) is 11.5 Å². The Kier molecular flexibility index (Phi) is 6.54. The summed E-state index contributed by atoms with van der Waals surface area (Å²) in [6, 6.07) is 12.8. The van der Waals surface area contributed by atoms with E-state index in [-0.39, 0.29) is 11.8 Å². The van der Waals surface area contributed by atoms with Crippen molar-refractivity contribution in [3.8, 4) is 11.5 Å². The molecule has 0 N–H and O–H groups in total. The molecule has 3 aliphatic heterocycles. The van der Waals surface area contributed by atoms with Crippen molar-refractivity contribution in [2.75, 3.05) is 63.9 Å². The standard InChI is InChI=1S/C25H26N4O4S2/c1-26-10-12-27(13-11-26)15-28-18-7-5-4-6-17(18)21(23(28)30)22-24(31)29(25(34)35-22)19-14-16(32-2)8-9-20(19)33-3/h4-9,14H,10-13,15H2,1-3H3. The van der Waals surface area contributed by atoms with Crippen LogP contribution in [0.2, 0.25) is 0 Å². The quantitative estimate of drug-likeness (QED) is 0.449. The molecule has 0 radical (unpaired) electrons. The average molecular weight is 511 g/mol. The second kappa shape index (κ2) is 9.62. The van der Waals surface area contributed by atoms with Gasteiger partial charge in [0.05, 0.1) is 42.7 Å². The van der Waals surface area contributed by atoms with E-state index >= 15 is 0 Å². The highest BCUT2D eigenvalue weighted by Crippen LogP contribution is 2.47. The van der Waals surface area contributed by atoms with Crippen molar-refractivity contribution in [2.24, 2.45) is 0 Å². The van der Waals surface area contributed by atoms with Crippen molar-refractivity contribution in [3.05, 3.63) is 52.9 Å². The second-order valence-electron chi connectivity index (χ2n) is 8.56. The van der Waals surface area contributed by atoms with Crippen LogP contribution in [0.3, 0.4) is 0 Å². The zero-order valence-electron chi connectivity index (χ0n) is 19.8. The van der Waals surface area contributed by atoms with Gasteiger partial charge in [-0.15, -0.1) is 0 Å². The monoisotopic (exact) mass is 510 g/mol. The Bertz CT molecular complexity index is 1240. The summed E-state index contributed by atoms with van der Waals surface area (Å²) >= 11 is 6.75. The Morgan fingerprint density at radius 1 is 0.943 bits per heavy atom. The lowest BCUT2D eigenvalue weighted by Gasteiger charge is -2.34. The number of carbonyl (C=O) groups excluding carboxylic acids is 2. The Labute approximate surface area is 214 Å². The molecule has 3 heterocycles. The van der Waals surface area contributed by atoms with E-state index in [0.29, 0.717) is 38.7 Å². The number of rotatable bonds is 5. The van der Waals surface area contributed by atoms with E-state index in [1.165, 1.54) is 12.0 Å². The van der Waals surface area contributed by atoms with E-state index in [9.17, 15) is 9.59 Å². The van der Waals surface area contributed by atoms with Gasteiger partial charge in [0.15, 0.2) is 4.32 Å². The molecule has 0 unspecified atom stereocenters. The largest absolute Gasteiger partial charge is 0.497 e. The maximum atomic E-state index is 13.8. The highest BCUT2D eigenvalue weighted by atomic mass is 32.2. The van der Waals surface area contributed by atoms with Crippen LogP contribution in [0.4, 0.5) is 11.4 Å². The third-order valence-electron chi connectivity index (χ3n) is 6.48. The first-order chi connectivity index (χ1) is 16.9. The molecule has 0 aromatic heterocycles. The zero-order chi connectivity index (χ0) is 24.7. The number of ether oxygens (including phenoxy) is 2. The number of methoxy groups -OCH3 is 2. The van der Waals surface area contributed by atoms with Gasteiger partial charge >= 0.3 is 0 Å². The normalized spacial score (nSPS) is 21.2. The van der Waals surface area contributed by atoms with Crippen molar-refractivity contribution in [2.45, 2.75) is 0 Å². The number of anilines is 2. The first-order valence-corrected chi connectivity index (χ1v) is 12.5. The van der Waals surface area contributed by atoms with Gasteiger partial charge in [0.2, 0.25) is 0 Å². The predicted octanol–water partition coefficient (Wildman–Crippen LogP) is 3.03. The summed E-state index contributed by atoms with van der Waals surface area (Å²) in [5.74, 6) is 0.542. The number of hydrogen-bond donors (Lipinski definition) is 0. The number of amides is 2. The number of nitrogens with zero attached hydrogens (tertiary/aromatic N) is 4. The van der Waals surface area contributed by atoms with Crippen molar-refractivity contribution in [1.82, 2.24) is 9.80 Å². The van der Waals surface area contributed by atoms with E-state index in [1.54, 1.807) is 30.2 Å². The molecule has 2 aromatic rings. The molecule has 0 atom stereocenters. The number of hydrogen-bond acceptors (Lipinski definition) is 8. The van der Waals surface area contributed by atoms with Crippen LogP contribution >= 0.6 is 24.0 Å². The lowest BCUT2D eigenvalue weighted by molar-refractivity contribution is -0.115. The molecular weight excluding hydrogens is 484 g/mol. The van der Waals surface area contributed by atoms with E-state index in [0.717, 1.165) is 49.2 Å². The molecular formula is C25H26N4O4S2. The molecule has 0 spiro atoms.